The first-order valence-corrected chi connectivity index (χ1v) is 8.20. The highest BCUT2D eigenvalue weighted by Crippen LogP contribution is 2.32. The Balaban J connectivity index is 1.27. The Kier molecular flexibility index (Phi) is 4.57. The number of furan rings is 1. The van der Waals surface area contributed by atoms with E-state index in [1.54, 1.807) is 6.26 Å². The van der Waals surface area contributed by atoms with Gasteiger partial charge in [0.25, 0.3) is 0 Å². The van der Waals surface area contributed by atoms with Crippen molar-refractivity contribution in [3.63, 3.8) is 0 Å². The van der Waals surface area contributed by atoms with E-state index < -0.39 is 0 Å². The highest BCUT2D eigenvalue weighted by atomic mass is 16.7. The van der Waals surface area contributed by atoms with Gasteiger partial charge in [0.05, 0.1) is 12.8 Å². The number of benzene rings is 2. The molecule has 2 heterocycles. The van der Waals surface area contributed by atoms with Crippen molar-refractivity contribution in [1.29, 1.82) is 0 Å². The second kappa shape index (κ2) is 7.32. The van der Waals surface area contributed by atoms with Crippen molar-refractivity contribution in [3.8, 4) is 17.2 Å². The van der Waals surface area contributed by atoms with Gasteiger partial charge in [0.15, 0.2) is 11.5 Å². The predicted octanol–water partition coefficient (Wildman–Crippen LogP) is 3.88. The monoisotopic (exact) mass is 337 g/mol. The van der Waals surface area contributed by atoms with E-state index >= 15 is 0 Å². The van der Waals surface area contributed by atoms with Crippen LogP contribution in [0.3, 0.4) is 0 Å². The summed E-state index contributed by atoms with van der Waals surface area (Å²) < 4.78 is 21.8. The van der Waals surface area contributed by atoms with Crippen LogP contribution in [-0.4, -0.2) is 6.79 Å². The molecular weight excluding hydrogens is 318 g/mol. The summed E-state index contributed by atoms with van der Waals surface area (Å²) in [4.78, 5) is 0. The van der Waals surface area contributed by atoms with Crippen molar-refractivity contribution in [3.05, 3.63) is 77.7 Å². The molecule has 5 heteroatoms. The number of nitrogens with one attached hydrogen (secondary N) is 1. The first-order chi connectivity index (χ1) is 12.4. The van der Waals surface area contributed by atoms with E-state index in [4.69, 9.17) is 18.6 Å². The van der Waals surface area contributed by atoms with Gasteiger partial charge in [-0.3, -0.25) is 0 Å². The fourth-order valence-electron chi connectivity index (χ4n) is 2.64. The number of hydrogen-bond acceptors (Lipinski definition) is 5. The molecule has 4 rings (SSSR count). The summed E-state index contributed by atoms with van der Waals surface area (Å²) in [5.41, 5.74) is 2.25. The van der Waals surface area contributed by atoms with Crippen molar-refractivity contribution < 1.29 is 18.6 Å². The van der Waals surface area contributed by atoms with Gasteiger partial charge in [0, 0.05) is 6.54 Å². The van der Waals surface area contributed by atoms with Crippen LogP contribution in [-0.2, 0) is 19.7 Å². The Hall–Kier alpha value is -2.92. The zero-order chi connectivity index (χ0) is 16.9. The molecule has 0 saturated heterocycles. The van der Waals surface area contributed by atoms with Gasteiger partial charge < -0.3 is 23.9 Å². The Labute approximate surface area is 146 Å². The molecule has 0 aliphatic carbocycles. The van der Waals surface area contributed by atoms with Crippen LogP contribution in [0.5, 0.6) is 17.2 Å². The molecule has 1 aromatic heterocycles. The molecule has 1 N–H and O–H groups in total. The third-order valence-corrected chi connectivity index (χ3v) is 3.97. The Morgan fingerprint density at radius 2 is 1.72 bits per heavy atom. The van der Waals surface area contributed by atoms with Crippen molar-refractivity contribution in [2.24, 2.45) is 0 Å². The molecule has 1 aliphatic heterocycles. The van der Waals surface area contributed by atoms with E-state index in [-0.39, 0.29) is 6.79 Å². The normalized spacial score (nSPS) is 12.3. The van der Waals surface area contributed by atoms with Crippen LogP contribution in [0.25, 0.3) is 0 Å². The maximum atomic E-state index is 5.84. The molecule has 0 atom stereocenters. The minimum atomic E-state index is 0.287. The van der Waals surface area contributed by atoms with E-state index in [0.717, 1.165) is 41.7 Å². The van der Waals surface area contributed by atoms with Gasteiger partial charge in [0.1, 0.15) is 18.1 Å². The van der Waals surface area contributed by atoms with Crippen LogP contribution in [0.15, 0.2) is 65.3 Å². The van der Waals surface area contributed by atoms with E-state index in [2.05, 4.69) is 17.4 Å². The molecule has 0 spiro atoms. The predicted molar refractivity (Wildman–Crippen MR) is 92.6 cm³/mol. The standard InChI is InChI=1S/C20H19NO4/c1-2-18(22-9-1)12-21-11-15-3-6-17(7-4-15)23-13-16-5-8-19-20(10-16)25-14-24-19/h1-10,21H,11-14H2. The topological polar surface area (TPSA) is 52.9 Å². The first-order valence-electron chi connectivity index (χ1n) is 8.20. The van der Waals surface area contributed by atoms with E-state index in [0.29, 0.717) is 6.61 Å². The average Bonchev–Trinajstić information content (AvgIpc) is 3.32. The lowest BCUT2D eigenvalue weighted by Gasteiger charge is -2.08. The number of fused-ring (bicyclic) bond motifs is 1. The zero-order valence-corrected chi connectivity index (χ0v) is 13.7. The van der Waals surface area contributed by atoms with E-state index in [1.165, 1.54) is 5.56 Å². The van der Waals surface area contributed by atoms with E-state index in [9.17, 15) is 0 Å². The molecule has 2 aromatic carbocycles. The molecule has 1 aliphatic rings. The minimum Gasteiger partial charge on any atom is -0.489 e. The lowest BCUT2D eigenvalue weighted by Crippen LogP contribution is -2.11. The summed E-state index contributed by atoms with van der Waals surface area (Å²) >= 11 is 0. The quantitative estimate of drug-likeness (QED) is 0.709. The van der Waals surface area contributed by atoms with Crippen LogP contribution < -0.4 is 19.5 Å². The van der Waals surface area contributed by atoms with Gasteiger partial charge in [-0.2, -0.15) is 0 Å². The lowest BCUT2D eigenvalue weighted by atomic mass is 10.2. The molecular formula is C20H19NO4. The van der Waals surface area contributed by atoms with Gasteiger partial charge in [-0.1, -0.05) is 18.2 Å². The molecule has 5 nitrogen and oxygen atoms in total. The second-order valence-electron chi connectivity index (χ2n) is 5.80. The van der Waals surface area contributed by atoms with Crippen molar-refractivity contribution >= 4 is 0 Å². The number of ether oxygens (including phenoxy) is 3. The summed E-state index contributed by atoms with van der Waals surface area (Å²) in [6.45, 7) is 2.28. The highest BCUT2D eigenvalue weighted by Gasteiger charge is 2.13. The third kappa shape index (κ3) is 3.95. The molecule has 0 bridgehead atoms. The smallest absolute Gasteiger partial charge is 0.231 e. The van der Waals surface area contributed by atoms with Gasteiger partial charge >= 0.3 is 0 Å². The van der Waals surface area contributed by atoms with Crippen LogP contribution in [0.1, 0.15) is 16.9 Å². The Morgan fingerprint density at radius 3 is 2.56 bits per heavy atom. The fraction of sp³-hybridized carbons (Fsp3) is 0.200. The Morgan fingerprint density at radius 1 is 0.880 bits per heavy atom. The fourth-order valence-corrected chi connectivity index (χ4v) is 2.64. The Bertz CT molecular complexity index is 812. The number of rotatable bonds is 7. The van der Waals surface area contributed by atoms with Crippen molar-refractivity contribution in [2.45, 2.75) is 19.7 Å². The first kappa shape index (κ1) is 15.6. The van der Waals surface area contributed by atoms with Gasteiger partial charge in [-0.25, -0.2) is 0 Å². The molecule has 0 saturated carbocycles. The average molecular weight is 337 g/mol. The maximum absolute atomic E-state index is 5.84. The molecule has 0 fully saturated rings. The lowest BCUT2D eigenvalue weighted by molar-refractivity contribution is 0.174. The molecule has 0 unspecified atom stereocenters. The third-order valence-electron chi connectivity index (χ3n) is 3.97. The van der Waals surface area contributed by atoms with Gasteiger partial charge in [0.2, 0.25) is 6.79 Å². The van der Waals surface area contributed by atoms with Crippen LogP contribution in [0.4, 0.5) is 0 Å². The summed E-state index contributed by atoms with van der Waals surface area (Å²) in [6.07, 6.45) is 1.68. The maximum Gasteiger partial charge on any atom is 0.231 e. The molecule has 128 valence electrons. The summed E-state index contributed by atoms with van der Waals surface area (Å²) in [5, 5.41) is 3.34. The van der Waals surface area contributed by atoms with Crippen LogP contribution in [0.2, 0.25) is 0 Å². The van der Waals surface area contributed by atoms with Gasteiger partial charge in [-0.15, -0.1) is 0 Å². The van der Waals surface area contributed by atoms with Crippen molar-refractivity contribution in [1.82, 2.24) is 5.32 Å². The van der Waals surface area contributed by atoms with Crippen LogP contribution >= 0.6 is 0 Å². The molecule has 0 radical (unpaired) electrons. The molecule has 25 heavy (non-hydrogen) atoms. The minimum absolute atomic E-state index is 0.287. The van der Waals surface area contributed by atoms with Crippen molar-refractivity contribution in [2.75, 3.05) is 6.79 Å². The van der Waals surface area contributed by atoms with E-state index in [1.807, 2.05) is 42.5 Å². The summed E-state index contributed by atoms with van der Waals surface area (Å²) in [7, 11) is 0. The number of hydrogen-bond donors (Lipinski definition) is 1. The molecule has 3 aromatic rings. The second-order valence-corrected chi connectivity index (χ2v) is 5.80. The van der Waals surface area contributed by atoms with Gasteiger partial charge in [-0.05, 0) is 47.5 Å². The highest BCUT2D eigenvalue weighted by molar-refractivity contribution is 5.44. The summed E-state index contributed by atoms with van der Waals surface area (Å²) in [5.74, 6) is 3.34. The summed E-state index contributed by atoms with van der Waals surface area (Å²) in [6, 6.07) is 17.8. The molecule has 0 amide bonds. The van der Waals surface area contributed by atoms with Crippen LogP contribution in [0, 0.1) is 0 Å². The largest absolute Gasteiger partial charge is 0.489 e. The zero-order valence-electron chi connectivity index (χ0n) is 13.7. The SMILES string of the molecule is c1coc(CNCc2ccc(OCc3ccc4c(c3)OCO4)cc2)c1.